The van der Waals surface area contributed by atoms with E-state index in [1.807, 2.05) is 13.0 Å². The summed E-state index contributed by atoms with van der Waals surface area (Å²) in [6, 6.07) is 7.99. The highest BCUT2D eigenvalue weighted by Gasteiger charge is 2.21. The van der Waals surface area contributed by atoms with E-state index >= 15 is 0 Å². The highest BCUT2D eigenvalue weighted by atomic mass is 32.2. The number of anilines is 1. The number of fused-ring (bicyclic) bond motifs is 1. The van der Waals surface area contributed by atoms with Gasteiger partial charge in [0, 0.05) is 31.0 Å². The number of rotatable bonds is 5. The Kier molecular flexibility index (Phi) is 7.59. The zero-order chi connectivity index (χ0) is 19.1. The Morgan fingerprint density at radius 2 is 2.07 bits per heavy atom. The van der Waals surface area contributed by atoms with Gasteiger partial charge in [-0.05, 0) is 36.4 Å². The van der Waals surface area contributed by atoms with Crippen LogP contribution in [0.25, 0.3) is 0 Å². The average molecular weight is 391 g/mol. The molecule has 1 fully saturated rings. The minimum Gasteiger partial charge on any atom is -0.364 e. The summed E-state index contributed by atoms with van der Waals surface area (Å²) in [5.41, 5.74) is 4.63. The second-order valence-corrected chi connectivity index (χ2v) is 8.32. The molecular weight excluding hydrogens is 359 g/mol. The molecule has 148 valence electrons. The molecule has 0 amide bonds. The topological polar surface area (TPSA) is 35.2 Å². The Labute approximate surface area is 166 Å². The number of nitrogens with zero attached hydrogens (tertiary/aromatic N) is 3. The van der Waals surface area contributed by atoms with E-state index in [1.54, 1.807) is 6.33 Å². The molecule has 2 aromatic rings. The number of imidazole rings is 1. The van der Waals surface area contributed by atoms with Gasteiger partial charge in [0.15, 0.2) is 0 Å². The Balaban J connectivity index is 0.000000299. The summed E-state index contributed by atoms with van der Waals surface area (Å²) < 4.78 is 14.7. The van der Waals surface area contributed by atoms with E-state index in [9.17, 15) is 4.39 Å². The number of halogens is 1. The van der Waals surface area contributed by atoms with Gasteiger partial charge in [0.05, 0.1) is 18.6 Å². The zero-order valence-electron chi connectivity index (χ0n) is 16.5. The van der Waals surface area contributed by atoms with Crippen LogP contribution in [0.5, 0.6) is 0 Å². The first-order valence-corrected chi connectivity index (χ1v) is 10.9. The van der Waals surface area contributed by atoms with Crippen LogP contribution in [0.2, 0.25) is 0 Å². The quantitative estimate of drug-likeness (QED) is 0.702. The SMILES string of the molecule is CCC1CCC1.Cc1[nH]cnc1CN1CCN(SCF)Cc2ccccc21. The molecule has 1 N–H and O–H groups in total. The van der Waals surface area contributed by atoms with Gasteiger partial charge >= 0.3 is 0 Å². The Morgan fingerprint density at radius 1 is 1.26 bits per heavy atom. The van der Waals surface area contributed by atoms with Gasteiger partial charge in [-0.25, -0.2) is 13.7 Å². The summed E-state index contributed by atoms with van der Waals surface area (Å²) in [6.45, 7) is 7.59. The normalized spacial score (nSPS) is 17.5. The summed E-state index contributed by atoms with van der Waals surface area (Å²) in [4.78, 5) is 9.85. The zero-order valence-corrected chi connectivity index (χ0v) is 17.3. The fourth-order valence-electron chi connectivity index (χ4n) is 3.55. The average Bonchev–Trinajstić information content (AvgIpc) is 2.94. The lowest BCUT2D eigenvalue weighted by Gasteiger charge is -2.24. The van der Waals surface area contributed by atoms with Gasteiger partial charge in [0.25, 0.3) is 0 Å². The maximum atomic E-state index is 12.6. The van der Waals surface area contributed by atoms with Crippen molar-refractivity contribution in [3.8, 4) is 0 Å². The van der Waals surface area contributed by atoms with Crippen LogP contribution >= 0.6 is 11.9 Å². The van der Waals surface area contributed by atoms with Crippen molar-refractivity contribution >= 4 is 17.6 Å². The molecule has 2 aliphatic rings. The van der Waals surface area contributed by atoms with Crippen LogP contribution in [0.3, 0.4) is 0 Å². The van der Waals surface area contributed by atoms with E-state index in [4.69, 9.17) is 0 Å². The molecule has 0 bridgehead atoms. The van der Waals surface area contributed by atoms with Crippen LogP contribution in [-0.4, -0.2) is 33.4 Å². The number of para-hydroxylation sites is 1. The third kappa shape index (κ3) is 5.48. The van der Waals surface area contributed by atoms with E-state index in [0.29, 0.717) is 0 Å². The number of benzene rings is 1. The predicted molar refractivity (Wildman–Crippen MR) is 112 cm³/mol. The maximum Gasteiger partial charge on any atom is 0.149 e. The van der Waals surface area contributed by atoms with Gasteiger partial charge in [-0.15, -0.1) is 0 Å². The van der Waals surface area contributed by atoms with Crippen molar-refractivity contribution in [3.05, 3.63) is 47.5 Å². The summed E-state index contributed by atoms with van der Waals surface area (Å²) in [7, 11) is 0. The summed E-state index contributed by atoms with van der Waals surface area (Å²) in [6.07, 6.45) is 7.67. The number of aryl methyl sites for hydroxylation is 1. The molecular formula is C21H31FN4S. The van der Waals surface area contributed by atoms with Crippen molar-refractivity contribution in [3.63, 3.8) is 0 Å². The van der Waals surface area contributed by atoms with Gasteiger partial charge in [-0.1, -0.05) is 50.8 Å². The van der Waals surface area contributed by atoms with Crippen LogP contribution in [0.4, 0.5) is 10.1 Å². The molecule has 0 radical (unpaired) electrons. The highest BCUT2D eigenvalue weighted by Crippen LogP contribution is 2.29. The molecule has 1 aliphatic heterocycles. The predicted octanol–water partition coefficient (Wildman–Crippen LogP) is 5.31. The molecule has 1 aromatic heterocycles. The largest absolute Gasteiger partial charge is 0.364 e. The molecule has 2 heterocycles. The first-order valence-electron chi connectivity index (χ1n) is 9.96. The monoisotopic (exact) mass is 390 g/mol. The number of hydrogen-bond acceptors (Lipinski definition) is 4. The van der Waals surface area contributed by atoms with Gasteiger partial charge in [-0.3, -0.25) is 0 Å². The molecule has 6 heteroatoms. The first kappa shape index (κ1) is 20.2. The van der Waals surface area contributed by atoms with E-state index in [0.717, 1.165) is 43.5 Å². The van der Waals surface area contributed by atoms with Crippen LogP contribution < -0.4 is 4.90 Å². The number of hydrogen-bond donors (Lipinski definition) is 1. The van der Waals surface area contributed by atoms with E-state index in [1.165, 1.54) is 48.9 Å². The van der Waals surface area contributed by atoms with Gasteiger partial charge in [-0.2, -0.15) is 0 Å². The van der Waals surface area contributed by atoms with E-state index < -0.39 is 0 Å². The first-order chi connectivity index (χ1) is 13.2. The van der Waals surface area contributed by atoms with Crippen molar-refractivity contribution < 1.29 is 4.39 Å². The van der Waals surface area contributed by atoms with Crippen LogP contribution in [0.1, 0.15) is 49.6 Å². The number of aromatic amines is 1. The molecule has 1 aliphatic carbocycles. The Bertz CT molecular complexity index is 698. The van der Waals surface area contributed by atoms with Gasteiger partial charge in [0.1, 0.15) is 6.01 Å². The summed E-state index contributed by atoms with van der Waals surface area (Å²) in [5, 5.41) is 0. The van der Waals surface area contributed by atoms with E-state index in [2.05, 4.69) is 44.3 Å². The maximum absolute atomic E-state index is 12.6. The van der Waals surface area contributed by atoms with E-state index in [-0.39, 0.29) is 6.01 Å². The standard InChI is InChI=1S/C15H19FN4S.C6H12/c1-12-14(18-11-17-12)9-19-6-7-20(21-10-16)8-13-4-2-3-5-15(13)19;1-2-6-4-3-5-6/h2-5,11H,6-10H2,1H3,(H,17,18);6H,2-5H2,1H3. The third-order valence-corrected chi connectivity index (χ3v) is 6.38. The Hall–Kier alpha value is -1.53. The molecule has 0 atom stereocenters. The second-order valence-electron chi connectivity index (χ2n) is 7.33. The summed E-state index contributed by atoms with van der Waals surface area (Å²) >= 11 is 1.26. The molecule has 0 spiro atoms. The fourth-order valence-corrected chi connectivity index (χ4v) is 4.13. The van der Waals surface area contributed by atoms with Crippen molar-refractivity contribution in [2.24, 2.45) is 5.92 Å². The molecule has 0 saturated heterocycles. The van der Waals surface area contributed by atoms with Crippen LogP contribution in [-0.2, 0) is 13.1 Å². The summed E-state index contributed by atoms with van der Waals surface area (Å²) in [5.74, 6) is 1.12. The molecule has 4 rings (SSSR count). The Morgan fingerprint density at radius 3 is 2.67 bits per heavy atom. The van der Waals surface area contributed by atoms with Crippen LogP contribution in [0, 0.1) is 12.8 Å². The number of alkyl halides is 1. The van der Waals surface area contributed by atoms with Crippen molar-refractivity contribution in [1.29, 1.82) is 0 Å². The minimum absolute atomic E-state index is 0.374. The lowest BCUT2D eigenvalue weighted by Crippen LogP contribution is -2.29. The van der Waals surface area contributed by atoms with Gasteiger partial charge < -0.3 is 9.88 Å². The van der Waals surface area contributed by atoms with Crippen molar-refractivity contribution in [2.75, 3.05) is 24.0 Å². The van der Waals surface area contributed by atoms with Crippen LogP contribution in [0.15, 0.2) is 30.6 Å². The van der Waals surface area contributed by atoms with Crippen molar-refractivity contribution in [1.82, 2.24) is 14.3 Å². The lowest BCUT2D eigenvalue weighted by atomic mass is 9.84. The second kappa shape index (κ2) is 10.1. The highest BCUT2D eigenvalue weighted by molar-refractivity contribution is 7.96. The molecule has 27 heavy (non-hydrogen) atoms. The minimum atomic E-state index is -0.374. The fraction of sp³-hybridized carbons (Fsp3) is 0.571. The number of aromatic nitrogens is 2. The smallest absolute Gasteiger partial charge is 0.149 e. The van der Waals surface area contributed by atoms with Crippen molar-refractivity contribution in [2.45, 2.75) is 52.6 Å². The third-order valence-electron chi connectivity index (χ3n) is 5.61. The molecule has 1 saturated carbocycles. The molecule has 1 aromatic carbocycles. The molecule has 4 nitrogen and oxygen atoms in total. The number of H-pyrrole nitrogens is 1. The van der Waals surface area contributed by atoms with Gasteiger partial charge in [0.2, 0.25) is 0 Å². The molecule has 0 unspecified atom stereocenters. The lowest BCUT2D eigenvalue weighted by molar-refractivity contribution is 0.307. The number of nitrogens with one attached hydrogen (secondary N) is 1.